The van der Waals surface area contributed by atoms with Crippen LogP contribution in [-0.2, 0) is 0 Å². The van der Waals surface area contributed by atoms with Gasteiger partial charge in [-0.15, -0.1) is 19.0 Å². The Balaban J connectivity index is 0.00000144. The maximum absolute atomic E-state index is 12.5. The van der Waals surface area contributed by atoms with Crippen LogP contribution in [0.3, 0.4) is 0 Å². The van der Waals surface area contributed by atoms with Crippen molar-refractivity contribution >= 4 is 12.4 Å². The van der Waals surface area contributed by atoms with Gasteiger partial charge in [-0.1, -0.05) is 18.2 Å². The molecule has 1 atom stereocenters. The Kier molecular flexibility index (Phi) is 5.35. The van der Waals surface area contributed by atoms with E-state index in [4.69, 9.17) is 5.73 Å². The average molecular weight is 202 g/mol. The van der Waals surface area contributed by atoms with Gasteiger partial charge in [-0.25, -0.2) is 4.39 Å². The Hall–Kier alpha value is -0.860. The molecule has 1 nitrogen and oxygen atoms in total. The van der Waals surface area contributed by atoms with Crippen LogP contribution in [0, 0.1) is 5.82 Å². The van der Waals surface area contributed by atoms with Gasteiger partial charge in [-0.3, -0.25) is 0 Å². The van der Waals surface area contributed by atoms with E-state index in [1.807, 2.05) is 0 Å². The first-order valence-corrected chi connectivity index (χ1v) is 3.86. The van der Waals surface area contributed by atoms with E-state index in [2.05, 4.69) is 6.58 Å². The van der Waals surface area contributed by atoms with Crippen LogP contribution in [0.15, 0.2) is 36.9 Å². The van der Waals surface area contributed by atoms with Crippen LogP contribution < -0.4 is 5.73 Å². The molecule has 1 aromatic carbocycles. The van der Waals surface area contributed by atoms with Crippen molar-refractivity contribution in [1.82, 2.24) is 0 Å². The highest BCUT2D eigenvalue weighted by Crippen LogP contribution is 2.14. The van der Waals surface area contributed by atoms with Crippen molar-refractivity contribution in [2.24, 2.45) is 5.73 Å². The lowest BCUT2D eigenvalue weighted by Gasteiger charge is -2.08. The molecule has 72 valence electrons. The third-order valence-corrected chi connectivity index (χ3v) is 1.72. The van der Waals surface area contributed by atoms with E-state index in [1.165, 1.54) is 12.1 Å². The second-order valence-electron chi connectivity index (χ2n) is 2.68. The average Bonchev–Trinajstić information content (AvgIpc) is 2.06. The Morgan fingerprint density at radius 3 is 2.38 bits per heavy atom. The summed E-state index contributed by atoms with van der Waals surface area (Å²) in [4.78, 5) is 0. The summed E-state index contributed by atoms with van der Waals surface area (Å²) in [6.45, 7) is 3.59. The van der Waals surface area contributed by atoms with E-state index in [0.29, 0.717) is 6.42 Å². The Bertz CT molecular complexity index is 258. The summed E-state index contributed by atoms with van der Waals surface area (Å²) in [5.74, 6) is -0.232. The molecule has 0 aliphatic heterocycles. The molecular formula is C10H13ClFN. The number of nitrogens with two attached hydrogens (primary N) is 1. The molecular weight excluding hydrogens is 189 g/mol. The fourth-order valence-electron chi connectivity index (χ4n) is 1.03. The highest BCUT2D eigenvalue weighted by molar-refractivity contribution is 5.85. The zero-order valence-electron chi connectivity index (χ0n) is 7.24. The van der Waals surface area contributed by atoms with Gasteiger partial charge in [0.25, 0.3) is 0 Å². The summed E-state index contributed by atoms with van der Waals surface area (Å²) in [5.41, 5.74) is 6.70. The van der Waals surface area contributed by atoms with E-state index >= 15 is 0 Å². The molecule has 0 aliphatic rings. The quantitative estimate of drug-likeness (QED) is 0.748. The van der Waals surface area contributed by atoms with Crippen LogP contribution in [0.1, 0.15) is 18.0 Å². The van der Waals surface area contributed by atoms with Crippen LogP contribution in [0.25, 0.3) is 0 Å². The van der Waals surface area contributed by atoms with Gasteiger partial charge in [0.05, 0.1) is 0 Å². The maximum Gasteiger partial charge on any atom is 0.123 e. The number of rotatable bonds is 3. The van der Waals surface area contributed by atoms with Crippen molar-refractivity contribution < 1.29 is 4.39 Å². The molecule has 0 spiro atoms. The summed E-state index contributed by atoms with van der Waals surface area (Å²) in [6, 6.07) is 6.16. The molecule has 0 fully saturated rings. The van der Waals surface area contributed by atoms with Gasteiger partial charge in [0, 0.05) is 6.04 Å². The van der Waals surface area contributed by atoms with Crippen molar-refractivity contribution in [2.45, 2.75) is 12.5 Å². The molecule has 1 aromatic rings. The summed E-state index contributed by atoms with van der Waals surface area (Å²) >= 11 is 0. The molecule has 0 bridgehead atoms. The van der Waals surface area contributed by atoms with Gasteiger partial charge in [0.1, 0.15) is 5.82 Å². The van der Waals surface area contributed by atoms with Crippen LogP contribution in [0.2, 0.25) is 0 Å². The number of benzene rings is 1. The van der Waals surface area contributed by atoms with Crippen molar-refractivity contribution in [3.63, 3.8) is 0 Å². The topological polar surface area (TPSA) is 26.0 Å². The van der Waals surface area contributed by atoms with E-state index in [-0.39, 0.29) is 24.3 Å². The van der Waals surface area contributed by atoms with Crippen molar-refractivity contribution in [3.05, 3.63) is 48.3 Å². The summed E-state index contributed by atoms with van der Waals surface area (Å²) in [5, 5.41) is 0. The molecule has 0 saturated carbocycles. The summed E-state index contributed by atoms with van der Waals surface area (Å²) in [7, 11) is 0. The lowest BCUT2D eigenvalue weighted by atomic mass is 10.1. The lowest BCUT2D eigenvalue weighted by Crippen LogP contribution is -2.08. The summed E-state index contributed by atoms with van der Waals surface area (Å²) in [6.07, 6.45) is 2.47. The van der Waals surface area contributed by atoms with E-state index in [1.54, 1.807) is 18.2 Å². The molecule has 0 amide bonds. The monoisotopic (exact) mass is 201 g/mol. The predicted octanol–water partition coefficient (Wildman–Crippen LogP) is 2.82. The first-order valence-electron chi connectivity index (χ1n) is 3.86. The minimum atomic E-state index is -0.232. The largest absolute Gasteiger partial charge is 0.324 e. The van der Waals surface area contributed by atoms with Gasteiger partial charge < -0.3 is 5.73 Å². The van der Waals surface area contributed by atoms with E-state index in [0.717, 1.165) is 5.56 Å². The van der Waals surface area contributed by atoms with E-state index < -0.39 is 0 Å². The molecule has 13 heavy (non-hydrogen) atoms. The van der Waals surface area contributed by atoms with Gasteiger partial charge >= 0.3 is 0 Å². The van der Waals surface area contributed by atoms with E-state index in [9.17, 15) is 4.39 Å². The van der Waals surface area contributed by atoms with Gasteiger partial charge in [-0.2, -0.15) is 0 Å². The molecule has 2 N–H and O–H groups in total. The second-order valence-corrected chi connectivity index (χ2v) is 2.68. The van der Waals surface area contributed by atoms with Crippen molar-refractivity contribution in [1.29, 1.82) is 0 Å². The third kappa shape index (κ3) is 3.57. The Labute approximate surface area is 83.9 Å². The van der Waals surface area contributed by atoms with Crippen LogP contribution in [0.5, 0.6) is 0 Å². The molecule has 1 unspecified atom stereocenters. The first kappa shape index (κ1) is 12.1. The van der Waals surface area contributed by atoms with Crippen LogP contribution in [0.4, 0.5) is 4.39 Å². The summed E-state index contributed by atoms with van der Waals surface area (Å²) < 4.78 is 12.5. The fourth-order valence-corrected chi connectivity index (χ4v) is 1.03. The maximum atomic E-state index is 12.5. The second kappa shape index (κ2) is 5.73. The molecule has 0 saturated heterocycles. The third-order valence-electron chi connectivity index (χ3n) is 1.72. The smallest absolute Gasteiger partial charge is 0.123 e. The number of hydrogen-bond donors (Lipinski definition) is 1. The fraction of sp³-hybridized carbons (Fsp3) is 0.200. The minimum Gasteiger partial charge on any atom is -0.324 e. The Morgan fingerprint density at radius 1 is 1.38 bits per heavy atom. The molecule has 0 aliphatic carbocycles. The molecule has 1 rings (SSSR count). The van der Waals surface area contributed by atoms with Crippen molar-refractivity contribution in [3.8, 4) is 0 Å². The van der Waals surface area contributed by atoms with Crippen LogP contribution >= 0.6 is 12.4 Å². The standard InChI is InChI=1S/C10H12FN.ClH/c1-2-3-10(12)8-4-6-9(11)7-5-8;/h2,4-7,10H,1,3,12H2;1H. The molecule has 0 radical (unpaired) electrons. The van der Waals surface area contributed by atoms with Crippen LogP contribution in [-0.4, -0.2) is 0 Å². The van der Waals surface area contributed by atoms with Gasteiger partial charge in [0.15, 0.2) is 0 Å². The molecule has 0 heterocycles. The van der Waals surface area contributed by atoms with Crippen molar-refractivity contribution in [2.75, 3.05) is 0 Å². The van der Waals surface area contributed by atoms with Gasteiger partial charge in [-0.05, 0) is 24.1 Å². The highest BCUT2D eigenvalue weighted by atomic mass is 35.5. The minimum absolute atomic E-state index is 0. The normalized spacial score (nSPS) is 11.5. The molecule has 3 heteroatoms. The zero-order valence-corrected chi connectivity index (χ0v) is 8.06. The molecule has 0 aromatic heterocycles. The predicted molar refractivity (Wildman–Crippen MR) is 55.4 cm³/mol. The number of halogens is 2. The number of hydrogen-bond acceptors (Lipinski definition) is 1. The Morgan fingerprint density at radius 2 is 1.92 bits per heavy atom. The first-order chi connectivity index (χ1) is 5.74. The lowest BCUT2D eigenvalue weighted by molar-refractivity contribution is 0.625. The van der Waals surface area contributed by atoms with Gasteiger partial charge in [0.2, 0.25) is 0 Å². The highest BCUT2D eigenvalue weighted by Gasteiger charge is 2.02. The zero-order chi connectivity index (χ0) is 8.97. The SMILES string of the molecule is C=CCC(N)c1ccc(F)cc1.Cl.